The van der Waals surface area contributed by atoms with Crippen molar-refractivity contribution in [2.24, 2.45) is 7.05 Å². The van der Waals surface area contributed by atoms with Crippen LogP contribution in [0.25, 0.3) is 10.9 Å². The molecule has 24 heavy (non-hydrogen) atoms. The maximum atomic E-state index is 12.4. The predicted molar refractivity (Wildman–Crippen MR) is 98.6 cm³/mol. The highest BCUT2D eigenvalue weighted by Crippen LogP contribution is 2.16. The van der Waals surface area contributed by atoms with Gasteiger partial charge in [0.05, 0.1) is 22.5 Å². The zero-order chi connectivity index (χ0) is 17.9. The summed E-state index contributed by atoms with van der Waals surface area (Å²) in [7, 11) is 1.45. The van der Waals surface area contributed by atoms with Crippen LogP contribution in [-0.4, -0.2) is 19.1 Å². The van der Waals surface area contributed by atoms with Crippen LogP contribution in [0.5, 0.6) is 0 Å². The number of nitrogens with zero attached hydrogens (tertiary/aromatic N) is 4. The summed E-state index contributed by atoms with van der Waals surface area (Å²) in [6.07, 6.45) is 2.94. The van der Waals surface area contributed by atoms with Gasteiger partial charge in [-0.15, -0.1) is 0 Å². The third kappa shape index (κ3) is 3.57. The molecule has 0 atom stereocenters. The van der Waals surface area contributed by atoms with Gasteiger partial charge in [-0.3, -0.25) is 13.9 Å². The standard InChI is InChI=1S/C14H10BrClN4O2.C2H6/c1-19-13(21)10-4-8(15)2-3-11(10)20(14(19)22)7-12-17-5-9(16)6-18-12;1-2/h2-6H,7H2,1H3;1-2H3. The Bertz CT molecular complexity index is 980. The molecule has 6 nitrogen and oxygen atoms in total. The van der Waals surface area contributed by atoms with Gasteiger partial charge in [0.2, 0.25) is 0 Å². The highest BCUT2D eigenvalue weighted by molar-refractivity contribution is 9.10. The van der Waals surface area contributed by atoms with Crippen LogP contribution in [0.1, 0.15) is 19.7 Å². The molecule has 0 amide bonds. The molecule has 0 saturated carbocycles. The SMILES string of the molecule is CC.Cn1c(=O)c2cc(Br)ccc2n(Cc2ncc(Cl)cn2)c1=O. The number of rotatable bonds is 2. The van der Waals surface area contributed by atoms with Gasteiger partial charge in [-0.25, -0.2) is 14.8 Å². The van der Waals surface area contributed by atoms with E-state index < -0.39 is 5.69 Å². The van der Waals surface area contributed by atoms with Crippen LogP contribution >= 0.6 is 27.5 Å². The van der Waals surface area contributed by atoms with Gasteiger partial charge in [0, 0.05) is 23.9 Å². The second kappa shape index (κ2) is 7.72. The molecule has 2 aromatic heterocycles. The lowest BCUT2D eigenvalue weighted by Gasteiger charge is -2.11. The van der Waals surface area contributed by atoms with Crippen molar-refractivity contribution in [3.63, 3.8) is 0 Å². The van der Waals surface area contributed by atoms with Gasteiger partial charge >= 0.3 is 5.69 Å². The maximum absolute atomic E-state index is 12.4. The molecule has 3 rings (SSSR count). The molecule has 0 radical (unpaired) electrons. The maximum Gasteiger partial charge on any atom is 0.331 e. The topological polar surface area (TPSA) is 69.8 Å². The zero-order valence-electron chi connectivity index (χ0n) is 13.5. The molecule has 0 unspecified atom stereocenters. The van der Waals surface area contributed by atoms with Crippen molar-refractivity contribution in [2.75, 3.05) is 0 Å². The predicted octanol–water partition coefficient (Wildman–Crippen LogP) is 2.98. The molecular formula is C16H16BrClN4O2. The normalized spacial score (nSPS) is 10.4. The Labute approximate surface area is 151 Å². The van der Waals surface area contributed by atoms with Gasteiger partial charge in [0.1, 0.15) is 5.82 Å². The van der Waals surface area contributed by atoms with Crippen molar-refractivity contribution in [1.29, 1.82) is 0 Å². The first-order valence-corrected chi connectivity index (χ1v) is 8.50. The van der Waals surface area contributed by atoms with E-state index in [1.807, 2.05) is 13.8 Å². The highest BCUT2D eigenvalue weighted by atomic mass is 79.9. The van der Waals surface area contributed by atoms with Gasteiger partial charge in [0.15, 0.2) is 0 Å². The summed E-state index contributed by atoms with van der Waals surface area (Å²) in [5.74, 6) is 0.439. The highest BCUT2D eigenvalue weighted by Gasteiger charge is 2.12. The fourth-order valence-electron chi connectivity index (χ4n) is 2.18. The summed E-state index contributed by atoms with van der Waals surface area (Å²) in [6.45, 7) is 4.16. The van der Waals surface area contributed by atoms with Crippen molar-refractivity contribution < 1.29 is 0 Å². The number of aromatic nitrogens is 4. The summed E-state index contributed by atoms with van der Waals surface area (Å²) in [5, 5.41) is 0.871. The average Bonchev–Trinajstić information content (AvgIpc) is 2.60. The monoisotopic (exact) mass is 410 g/mol. The lowest BCUT2D eigenvalue weighted by molar-refractivity contribution is 0.654. The van der Waals surface area contributed by atoms with E-state index in [0.29, 0.717) is 21.7 Å². The molecule has 0 saturated heterocycles. The summed E-state index contributed by atoms with van der Waals surface area (Å²) in [6, 6.07) is 5.19. The zero-order valence-corrected chi connectivity index (χ0v) is 15.8. The van der Waals surface area contributed by atoms with Gasteiger partial charge in [-0.1, -0.05) is 41.4 Å². The Kier molecular flexibility index (Phi) is 5.90. The molecular weight excluding hydrogens is 396 g/mol. The second-order valence-electron chi connectivity index (χ2n) is 4.71. The third-order valence-corrected chi connectivity index (χ3v) is 3.96. The van der Waals surface area contributed by atoms with E-state index in [1.165, 1.54) is 24.0 Å². The lowest BCUT2D eigenvalue weighted by Crippen LogP contribution is -2.38. The Morgan fingerprint density at radius 3 is 2.42 bits per heavy atom. The first kappa shape index (κ1) is 18.4. The fraction of sp³-hybridized carbons (Fsp3) is 0.250. The van der Waals surface area contributed by atoms with Crippen LogP contribution in [0.3, 0.4) is 0 Å². The molecule has 8 heteroatoms. The summed E-state index contributed by atoms with van der Waals surface area (Å²) in [4.78, 5) is 32.8. The van der Waals surface area contributed by atoms with Crippen LogP contribution in [0, 0.1) is 0 Å². The van der Waals surface area contributed by atoms with Gasteiger partial charge in [-0.2, -0.15) is 0 Å². The van der Waals surface area contributed by atoms with Gasteiger partial charge in [0.25, 0.3) is 5.56 Å². The Hall–Kier alpha value is -1.99. The van der Waals surface area contributed by atoms with Gasteiger partial charge in [-0.05, 0) is 18.2 Å². The Balaban J connectivity index is 0.00000100. The lowest BCUT2D eigenvalue weighted by atomic mass is 10.2. The first-order chi connectivity index (χ1) is 11.5. The van der Waals surface area contributed by atoms with Gasteiger partial charge < -0.3 is 0 Å². The van der Waals surface area contributed by atoms with E-state index in [9.17, 15) is 9.59 Å². The van der Waals surface area contributed by atoms with E-state index in [4.69, 9.17) is 11.6 Å². The molecule has 0 aliphatic rings. The Morgan fingerprint density at radius 2 is 1.79 bits per heavy atom. The molecule has 2 heterocycles. The van der Waals surface area contributed by atoms with E-state index in [0.717, 1.165) is 9.04 Å². The average molecular weight is 412 g/mol. The van der Waals surface area contributed by atoms with Crippen molar-refractivity contribution in [3.05, 3.63) is 66.8 Å². The molecule has 0 spiro atoms. The largest absolute Gasteiger partial charge is 0.331 e. The second-order valence-corrected chi connectivity index (χ2v) is 6.06. The number of benzene rings is 1. The quantitative estimate of drug-likeness (QED) is 0.650. The third-order valence-electron chi connectivity index (χ3n) is 3.28. The fourth-order valence-corrected chi connectivity index (χ4v) is 2.64. The molecule has 3 aromatic rings. The number of hydrogen-bond donors (Lipinski definition) is 0. The summed E-state index contributed by atoms with van der Waals surface area (Å²) >= 11 is 9.09. The number of hydrogen-bond acceptors (Lipinski definition) is 4. The van der Waals surface area contributed by atoms with E-state index in [2.05, 4.69) is 25.9 Å². The molecule has 126 valence electrons. The Morgan fingerprint density at radius 1 is 1.17 bits per heavy atom. The molecule has 0 fully saturated rings. The van der Waals surface area contributed by atoms with Crippen molar-refractivity contribution in [3.8, 4) is 0 Å². The summed E-state index contributed by atoms with van der Waals surface area (Å²) in [5.41, 5.74) is -0.220. The molecule has 0 aliphatic heterocycles. The van der Waals surface area contributed by atoms with Crippen LogP contribution in [0.4, 0.5) is 0 Å². The minimum atomic E-state index is -0.418. The number of fused-ring (bicyclic) bond motifs is 1. The minimum absolute atomic E-state index is 0.155. The van der Waals surface area contributed by atoms with Crippen molar-refractivity contribution in [2.45, 2.75) is 20.4 Å². The number of halogens is 2. The van der Waals surface area contributed by atoms with Crippen molar-refractivity contribution in [1.82, 2.24) is 19.1 Å². The van der Waals surface area contributed by atoms with E-state index in [1.54, 1.807) is 18.2 Å². The molecule has 1 aromatic carbocycles. The summed E-state index contributed by atoms with van der Waals surface area (Å²) < 4.78 is 3.31. The van der Waals surface area contributed by atoms with E-state index >= 15 is 0 Å². The van der Waals surface area contributed by atoms with Crippen LogP contribution in [0.15, 0.2) is 44.7 Å². The molecule has 0 N–H and O–H groups in total. The van der Waals surface area contributed by atoms with Crippen LogP contribution in [-0.2, 0) is 13.6 Å². The smallest absolute Gasteiger partial charge is 0.286 e. The van der Waals surface area contributed by atoms with Crippen LogP contribution in [0.2, 0.25) is 5.02 Å². The minimum Gasteiger partial charge on any atom is -0.286 e. The van der Waals surface area contributed by atoms with Crippen molar-refractivity contribution >= 4 is 38.4 Å². The van der Waals surface area contributed by atoms with Crippen LogP contribution < -0.4 is 11.2 Å². The molecule has 0 bridgehead atoms. The first-order valence-electron chi connectivity index (χ1n) is 7.33. The van der Waals surface area contributed by atoms with E-state index in [-0.39, 0.29) is 12.1 Å². The molecule has 0 aliphatic carbocycles.